The first-order valence-electron chi connectivity index (χ1n) is 6.74. The molecule has 1 heterocycles. The third-order valence-corrected chi connectivity index (χ3v) is 3.74. The summed E-state index contributed by atoms with van der Waals surface area (Å²) in [7, 11) is 1.69. The third-order valence-electron chi connectivity index (χ3n) is 3.74. The topological polar surface area (TPSA) is 32.7 Å². The highest BCUT2D eigenvalue weighted by molar-refractivity contribution is 5.27. The number of β-amino-alcohol motifs (C(OH)–C–C–N with tert-alkyl or cyclic N) is 1. The van der Waals surface area contributed by atoms with Gasteiger partial charge in [-0.05, 0) is 50.4 Å². The van der Waals surface area contributed by atoms with Gasteiger partial charge in [0.15, 0.2) is 0 Å². The minimum Gasteiger partial charge on any atom is -0.497 e. The number of methoxy groups -OCH3 is 1. The Hall–Kier alpha value is -1.06. The van der Waals surface area contributed by atoms with Crippen molar-refractivity contribution in [3.05, 3.63) is 29.8 Å². The monoisotopic (exact) mass is 249 g/mol. The highest BCUT2D eigenvalue weighted by Gasteiger charge is 2.21. The van der Waals surface area contributed by atoms with Crippen LogP contribution in [0.1, 0.15) is 25.3 Å². The fourth-order valence-electron chi connectivity index (χ4n) is 2.62. The summed E-state index contributed by atoms with van der Waals surface area (Å²) < 4.78 is 5.16. The van der Waals surface area contributed by atoms with Crippen molar-refractivity contribution in [2.75, 3.05) is 20.2 Å². The maximum atomic E-state index is 9.70. The molecular formula is C15H23NO2. The zero-order valence-electron chi connectivity index (χ0n) is 11.3. The van der Waals surface area contributed by atoms with Crippen molar-refractivity contribution in [3.63, 3.8) is 0 Å². The Balaban J connectivity index is 1.91. The fourth-order valence-corrected chi connectivity index (χ4v) is 2.62. The summed E-state index contributed by atoms with van der Waals surface area (Å²) >= 11 is 0. The first kappa shape index (κ1) is 13.4. The van der Waals surface area contributed by atoms with Crippen LogP contribution in [-0.2, 0) is 6.42 Å². The summed E-state index contributed by atoms with van der Waals surface area (Å²) in [4.78, 5) is 2.39. The molecule has 2 rings (SSSR count). The first-order chi connectivity index (χ1) is 8.69. The summed E-state index contributed by atoms with van der Waals surface area (Å²) in [5.41, 5.74) is 1.32. The van der Waals surface area contributed by atoms with Crippen molar-refractivity contribution >= 4 is 0 Å². The van der Waals surface area contributed by atoms with E-state index in [0.717, 1.165) is 38.1 Å². The van der Waals surface area contributed by atoms with Crippen LogP contribution in [0.5, 0.6) is 5.75 Å². The fraction of sp³-hybridized carbons (Fsp3) is 0.600. The average Bonchev–Trinajstić information content (AvgIpc) is 2.39. The minimum atomic E-state index is -0.142. The van der Waals surface area contributed by atoms with Gasteiger partial charge in [-0.25, -0.2) is 0 Å². The van der Waals surface area contributed by atoms with Gasteiger partial charge in [0.05, 0.1) is 13.2 Å². The van der Waals surface area contributed by atoms with Gasteiger partial charge in [0.1, 0.15) is 5.75 Å². The molecule has 18 heavy (non-hydrogen) atoms. The zero-order chi connectivity index (χ0) is 13.0. The van der Waals surface area contributed by atoms with E-state index in [1.807, 2.05) is 12.1 Å². The van der Waals surface area contributed by atoms with Gasteiger partial charge in [-0.2, -0.15) is 0 Å². The largest absolute Gasteiger partial charge is 0.497 e. The highest BCUT2D eigenvalue weighted by Crippen LogP contribution is 2.17. The molecule has 0 aromatic heterocycles. The van der Waals surface area contributed by atoms with Gasteiger partial charge in [0, 0.05) is 12.6 Å². The third kappa shape index (κ3) is 3.47. The van der Waals surface area contributed by atoms with Crippen molar-refractivity contribution in [3.8, 4) is 5.75 Å². The Kier molecular flexibility index (Phi) is 4.61. The van der Waals surface area contributed by atoms with E-state index in [9.17, 15) is 5.11 Å². The molecule has 0 bridgehead atoms. The van der Waals surface area contributed by atoms with Gasteiger partial charge < -0.3 is 9.84 Å². The van der Waals surface area contributed by atoms with E-state index in [-0.39, 0.29) is 6.10 Å². The molecule has 0 saturated carbocycles. The molecule has 1 saturated heterocycles. The number of ether oxygens (including phenoxy) is 1. The second kappa shape index (κ2) is 6.21. The second-order valence-corrected chi connectivity index (χ2v) is 5.19. The maximum absolute atomic E-state index is 9.70. The quantitative estimate of drug-likeness (QED) is 0.887. The number of aliphatic hydroxyl groups is 1. The van der Waals surface area contributed by atoms with Gasteiger partial charge in [-0.1, -0.05) is 12.1 Å². The van der Waals surface area contributed by atoms with Crippen molar-refractivity contribution in [2.45, 2.75) is 38.3 Å². The van der Waals surface area contributed by atoms with Crippen LogP contribution in [-0.4, -0.2) is 42.4 Å². The number of hydrogen-bond donors (Lipinski definition) is 1. The molecule has 1 aliphatic rings. The molecule has 1 fully saturated rings. The molecule has 3 nitrogen and oxygen atoms in total. The lowest BCUT2D eigenvalue weighted by Crippen LogP contribution is -2.44. The Morgan fingerprint density at radius 2 is 2.11 bits per heavy atom. The molecule has 0 radical (unpaired) electrons. The Morgan fingerprint density at radius 1 is 1.39 bits per heavy atom. The number of likely N-dealkylation sites (tertiary alicyclic amines) is 1. The van der Waals surface area contributed by atoms with E-state index in [1.54, 1.807) is 7.11 Å². The van der Waals surface area contributed by atoms with Crippen molar-refractivity contribution in [1.82, 2.24) is 4.90 Å². The average molecular weight is 249 g/mol. The number of benzene rings is 1. The predicted octanol–water partition coefficient (Wildman–Crippen LogP) is 2.08. The summed E-state index contributed by atoms with van der Waals surface area (Å²) in [6, 6.07) is 8.74. The number of hydrogen-bond acceptors (Lipinski definition) is 3. The molecule has 3 heteroatoms. The molecule has 1 aromatic rings. The van der Waals surface area contributed by atoms with Gasteiger partial charge in [0.25, 0.3) is 0 Å². The van der Waals surface area contributed by atoms with Crippen LogP contribution in [0.4, 0.5) is 0 Å². The predicted molar refractivity (Wildman–Crippen MR) is 73.0 cm³/mol. The molecule has 0 amide bonds. The van der Waals surface area contributed by atoms with Gasteiger partial charge in [0.2, 0.25) is 0 Å². The van der Waals surface area contributed by atoms with Crippen molar-refractivity contribution in [2.24, 2.45) is 0 Å². The van der Waals surface area contributed by atoms with E-state index in [4.69, 9.17) is 4.74 Å². The van der Waals surface area contributed by atoms with Crippen LogP contribution in [0.25, 0.3) is 0 Å². The second-order valence-electron chi connectivity index (χ2n) is 5.19. The standard InChI is InChI=1S/C15H23NO2/c1-12(16-9-3-4-14(17)11-16)10-13-5-7-15(18-2)8-6-13/h5-8,12,14,17H,3-4,9-11H2,1-2H3/t12-,14+/m1/s1. The lowest BCUT2D eigenvalue weighted by atomic mass is 10.0. The Labute approximate surface area is 109 Å². The van der Waals surface area contributed by atoms with E-state index in [1.165, 1.54) is 5.56 Å². The van der Waals surface area contributed by atoms with E-state index in [0.29, 0.717) is 6.04 Å². The number of piperidine rings is 1. The Bertz CT molecular complexity index is 363. The minimum absolute atomic E-state index is 0.142. The van der Waals surface area contributed by atoms with Gasteiger partial charge in [-0.15, -0.1) is 0 Å². The number of rotatable bonds is 4. The van der Waals surface area contributed by atoms with Crippen LogP contribution < -0.4 is 4.74 Å². The summed E-state index contributed by atoms with van der Waals surface area (Å²) in [6.07, 6.45) is 2.94. The highest BCUT2D eigenvalue weighted by atomic mass is 16.5. The summed E-state index contributed by atoms with van der Waals surface area (Å²) in [5, 5.41) is 9.70. The number of aliphatic hydroxyl groups excluding tert-OH is 1. The van der Waals surface area contributed by atoms with E-state index in [2.05, 4.69) is 24.0 Å². The van der Waals surface area contributed by atoms with Crippen LogP contribution in [0.15, 0.2) is 24.3 Å². The zero-order valence-corrected chi connectivity index (χ0v) is 11.3. The lowest BCUT2D eigenvalue weighted by molar-refractivity contribution is 0.0507. The lowest BCUT2D eigenvalue weighted by Gasteiger charge is -2.35. The van der Waals surface area contributed by atoms with Crippen LogP contribution >= 0.6 is 0 Å². The molecule has 1 N–H and O–H groups in total. The molecule has 0 spiro atoms. The molecule has 2 atom stereocenters. The van der Waals surface area contributed by atoms with Crippen LogP contribution in [0, 0.1) is 0 Å². The smallest absolute Gasteiger partial charge is 0.118 e. The first-order valence-corrected chi connectivity index (χ1v) is 6.74. The Morgan fingerprint density at radius 3 is 2.72 bits per heavy atom. The molecular weight excluding hydrogens is 226 g/mol. The normalized spacial score (nSPS) is 22.7. The van der Waals surface area contributed by atoms with Crippen LogP contribution in [0.2, 0.25) is 0 Å². The van der Waals surface area contributed by atoms with E-state index < -0.39 is 0 Å². The number of nitrogens with zero attached hydrogens (tertiary/aromatic N) is 1. The van der Waals surface area contributed by atoms with Crippen molar-refractivity contribution < 1.29 is 9.84 Å². The maximum Gasteiger partial charge on any atom is 0.118 e. The van der Waals surface area contributed by atoms with Crippen molar-refractivity contribution in [1.29, 1.82) is 0 Å². The van der Waals surface area contributed by atoms with Gasteiger partial charge >= 0.3 is 0 Å². The summed E-state index contributed by atoms with van der Waals surface area (Å²) in [6.45, 7) is 4.16. The molecule has 100 valence electrons. The SMILES string of the molecule is COc1ccc(C[C@@H](C)N2CCC[C@H](O)C2)cc1. The van der Waals surface area contributed by atoms with E-state index >= 15 is 0 Å². The molecule has 1 aromatic carbocycles. The summed E-state index contributed by atoms with van der Waals surface area (Å²) in [5.74, 6) is 0.903. The molecule has 0 aliphatic carbocycles. The van der Waals surface area contributed by atoms with Gasteiger partial charge in [-0.3, -0.25) is 4.90 Å². The molecule has 1 aliphatic heterocycles. The van der Waals surface area contributed by atoms with Crippen LogP contribution in [0.3, 0.4) is 0 Å². The molecule has 0 unspecified atom stereocenters.